The first-order valence-electron chi connectivity index (χ1n) is 6.10. The highest BCUT2D eigenvalue weighted by molar-refractivity contribution is 5.40. The van der Waals surface area contributed by atoms with E-state index in [4.69, 9.17) is 0 Å². The average Bonchev–Trinajstić information content (AvgIpc) is 2.30. The molecular weight excluding hydrogens is 216 g/mol. The smallest absolute Gasteiger partial charge is 0.268 e. The van der Waals surface area contributed by atoms with Gasteiger partial charge in [0.25, 0.3) is 5.56 Å². The second-order valence-corrected chi connectivity index (χ2v) is 4.27. The van der Waals surface area contributed by atoms with Crippen LogP contribution in [0.4, 0.5) is 5.69 Å². The van der Waals surface area contributed by atoms with Crippen LogP contribution in [0.15, 0.2) is 17.1 Å². The van der Waals surface area contributed by atoms with Crippen molar-refractivity contribution in [1.82, 2.24) is 15.1 Å². The minimum atomic E-state index is -0.0355. The predicted molar refractivity (Wildman–Crippen MR) is 70.6 cm³/mol. The summed E-state index contributed by atoms with van der Waals surface area (Å²) in [5, 5.41) is 7.45. The molecule has 0 aliphatic rings. The van der Waals surface area contributed by atoms with Gasteiger partial charge in [-0.3, -0.25) is 4.79 Å². The van der Waals surface area contributed by atoms with E-state index in [1.165, 1.54) is 4.68 Å². The number of aromatic nitrogens is 2. The highest BCUT2D eigenvalue weighted by Gasteiger charge is 2.01. The first-order valence-corrected chi connectivity index (χ1v) is 6.10. The van der Waals surface area contributed by atoms with Crippen LogP contribution in [-0.2, 0) is 6.54 Å². The van der Waals surface area contributed by atoms with Gasteiger partial charge in [-0.1, -0.05) is 6.92 Å². The van der Waals surface area contributed by atoms with Gasteiger partial charge in [0.15, 0.2) is 0 Å². The van der Waals surface area contributed by atoms with Gasteiger partial charge in [0.2, 0.25) is 0 Å². The molecule has 0 aliphatic carbocycles. The maximum absolute atomic E-state index is 11.7. The molecule has 0 atom stereocenters. The summed E-state index contributed by atoms with van der Waals surface area (Å²) in [5.41, 5.74) is 0.807. The Morgan fingerprint density at radius 3 is 2.76 bits per heavy atom. The van der Waals surface area contributed by atoms with Crippen LogP contribution >= 0.6 is 0 Å². The zero-order valence-electron chi connectivity index (χ0n) is 10.9. The molecule has 0 saturated carbocycles. The first-order chi connectivity index (χ1) is 8.15. The van der Waals surface area contributed by atoms with E-state index in [9.17, 15) is 4.79 Å². The van der Waals surface area contributed by atoms with Crippen LogP contribution in [0.5, 0.6) is 0 Å². The predicted octanol–water partition coefficient (Wildman–Crippen LogP) is 0.699. The van der Waals surface area contributed by atoms with E-state index >= 15 is 0 Å². The molecule has 0 spiro atoms. The van der Waals surface area contributed by atoms with Gasteiger partial charge in [-0.2, -0.15) is 5.10 Å². The van der Waals surface area contributed by atoms with Crippen molar-refractivity contribution >= 4 is 5.69 Å². The lowest BCUT2D eigenvalue weighted by molar-refractivity contribution is 0.522. The normalized spacial score (nSPS) is 10.5. The third-order valence-electron chi connectivity index (χ3n) is 2.52. The SMILES string of the molecule is CCCNCCCn1ncc(N(C)C)cc1=O. The fourth-order valence-electron chi connectivity index (χ4n) is 1.49. The van der Waals surface area contributed by atoms with Crippen molar-refractivity contribution < 1.29 is 0 Å². The van der Waals surface area contributed by atoms with Gasteiger partial charge < -0.3 is 10.2 Å². The maximum atomic E-state index is 11.7. The molecule has 5 nitrogen and oxygen atoms in total. The monoisotopic (exact) mass is 238 g/mol. The molecule has 96 valence electrons. The molecule has 0 aromatic carbocycles. The molecule has 0 amide bonds. The summed E-state index contributed by atoms with van der Waals surface area (Å²) >= 11 is 0. The van der Waals surface area contributed by atoms with E-state index < -0.39 is 0 Å². The van der Waals surface area contributed by atoms with Crippen molar-refractivity contribution in [2.75, 3.05) is 32.1 Å². The van der Waals surface area contributed by atoms with Gasteiger partial charge in [-0.05, 0) is 25.9 Å². The van der Waals surface area contributed by atoms with Gasteiger partial charge in [0.05, 0.1) is 11.9 Å². The van der Waals surface area contributed by atoms with Crippen LogP contribution in [0.25, 0.3) is 0 Å². The molecular formula is C12H22N4O. The van der Waals surface area contributed by atoms with Crippen molar-refractivity contribution in [3.8, 4) is 0 Å². The van der Waals surface area contributed by atoms with Crippen molar-refractivity contribution in [1.29, 1.82) is 0 Å². The largest absolute Gasteiger partial charge is 0.376 e. The Balaban J connectivity index is 2.47. The van der Waals surface area contributed by atoms with Gasteiger partial charge in [0.1, 0.15) is 0 Å². The van der Waals surface area contributed by atoms with Gasteiger partial charge in [-0.25, -0.2) is 4.68 Å². The third-order valence-corrected chi connectivity index (χ3v) is 2.52. The molecule has 0 bridgehead atoms. The van der Waals surface area contributed by atoms with Crippen molar-refractivity contribution in [3.05, 3.63) is 22.6 Å². The summed E-state index contributed by atoms with van der Waals surface area (Å²) in [6.07, 6.45) is 3.78. The molecule has 0 unspecified atom stereocenters. The van der Waals surface area contributed by atoms with Crippen LogP contribution in [0.1, 0.15) is 19.8 Å². The van der Waals surface area contributed by atoms with E-state index in [-0.39, 0.29) is 5.56 Å². The molecule has 0 fully saturated rings. The quantitative estimate of drug-likeness (QED) is 0.710. The fourth-order valence-corrected chi connectivity index (χ4v) is 1.49. The highest BCUT2D eigenvalue weighted by atomic mass is 16.1. The molecule has 5 heteroatoms. The van der Waals surface area contributed by atoms with Crippen molar-refractivity contribution in [3.63, 3.8) is 0 Å². The number of nitrogens with one attached hydrogen (secondary N) is 1. The molecule has 1 heterocycles. The lowest BCUT2D eigenvalue weighted by Gasteiger charge is -2.12. The number of hydrogen-bond donors (Lipinski definition) is 1. The van der Waals surface area contributed by atoms with Crippen LogP contribution in [0.2, 0.25) is 0 Å². The Kier molecular flexibility index (Phi) is 5.69. The summed E-state index contributed by atoms with van der Waals surface area (Å²) in [4.78, 5) is 13.6. The fraction of sp³-hybridized carbons (Fsp3) is 0.667. The molecule has 0 radical (unpaired) electrons. The summed E-state index contributed by atoms with van der Waals surface area (Å²) in [5.74, 6) is 0. The minimum Gasteiger partial charge on any atom is -0.376 e. The number of aryl methyl sites for hydroxylation is 1. The van der Waals surface area contributed by atoms with Crippen LogP contribution in [0.3, 0.4) is 0 Å². The Labute approximate surface area is 102 Å². The Hall–Kier alpha value is -1.36. The molecule has 1 aromatic rings. The maximum Gasteiger partial charge on any atom is 0.268 e. The van der Waals surface area contributed by atoms with E-state index in [2.05, 4.69) is 17.3 Å². The van der Waals surface area contributed by atoms with Crippen LogP contribution < -0.4 is 15.8 Å². The molecule has 1 rings (SSSR count). The van der Waals surface area contributed by atoms with Crippen LogP contribution in [-0.4, -0.2) is 37.0 Å². The van der Waals surface area contributed by atoms with E-state index in [1.54, 1.807) is 12.3 Å². The number of nitrogens with zero attached hydrogens (tertiary/aromatic N) is 3. The Bertz CT molecular complexity index is 386. The number of hydrogen-bond acceptors (Lipinski definition) is 4. The number of rotatable bonds is 7. The standard InChI is InChI=1S/C12H22N4O/c1-4-6-13-7-5-8-16-12(17)9-11(10-14-16)15(2)3/h9-10,13H,4-8H2,1-3H3. The first kappa shape index (κ1) is 13.7. The zero-order valence-corrected chi connectivity index (χ0v) is 10.9. The van der Waals surface area contributed by atoms with Gasteiger partial charge in [-0.15, -0.1) is 0 Å². The highest BCUT2D eigenvalue weighted by Crippen LogP contribution is 2.03. The average molecular weight is 238 g/mol. The van der Waals surface area contributed by atoms with E-state index in [1.807, 2.05) is 19.0 Å². The van der Waals surface area contributed by atoms with Gasteiger partial charge >= 0.3 is 0 Å². The third kappa shape index (κ3) is 4.56. The second-order valence-electron chi connectivity index (χ2n) is 4.27. The lowest BCUT2D eigenvalue weighted by Crippen LogP contribution is -2.26. The lowest BCUT2D eigenvalue weighted by atomic mass is 10.4. The van der Waals surface area contributed by atoms with E-state index in [0.717, 1.165) is 31.6 Å². The molecule has 1 aromatic heterocycles. The van der Waals surface area contributed by atoms with Crippen molar-refractivity contribution in [2.45, 2.75) is 26.3 Å². The van der Waals surface area contributed by atoms with Crippen molar-refractivity contribution in [2.24, 2.45) is 0 Å². The molecule has 0 saturated heterocycles. The molecule has 0 aliphatic heterocycles. The molecule has 17 heavy (non-hydrogen) atoms. The summed E-state index contributed by atoms with van der Waals surface area (Å²) in [7, 11) is 3.80. The Morgan fingerprint density at radius 2 is 2.18 bits per heavy atom. The zero-order chi connectivity index (χ0) is 12.7. The summed E-state index contributed by atoms with van der Waals surface area (Å²) in [6, 6.07) is 1.62. The van der Waals surface area contributed by atoms with Gasteiger partial charge in [0, 0.05) is 26.7 Å². The van der Waals surface area contributed by atoms with E-state index in [0.29, 0.717) is 6.54 Å². The molecule has 1 N–H and O–H groups in total. The summed E-state index contributed by atoms with van der Waals surface area (Å²) in [6.45, 7) is 4.77. The second kappa shape index (κ2) is 7.06. The number of anilines is 1. The topological polar surface area (TPSA) is 50.2 Å². The minimum absolute atomic E-state index is 0.0355. The summed E-state index contributed by atoms with van der Waals surface area (Å²) < 4.78 is 1.51. The Morgan fingerprint density at radius 1 is 1.41 bits per heavy atom. The van der Waals surface area contributed by atoms with Crippen LogP contribution in [0, 0.1) is 0 Å².